The number of amides is 2. The van der Waals surface area contributed by atoms with Gasteiger partial charge in [-0.05, 0) is 19.8 Å². The molecule has 0 spiro atoms. The lowest BCUT2D eigenvalue weighted by Gasteiger charge is -2.39. The Labute approximate surface area is 156 Å². The second-order valence-corrected chi connectivity index (χ2v) is 6.41. The van der Waals surface area contributed by atoms with E-state index >= 15 is 0 Å². The Morgan fingerprint density at radius 2 is 1.78 bits per heavy atom. The number of aliphatic hydroxyl groups is 3. The number of hydrogen-bond donors (Lipinski definition) is 6. The Bertz CT molecular complexity index is 516. The molecular formula is C16H28N2O9. The first-order chi connectivity index (χ1) is 12.6. The maximum absolute atomic E-state index is 12.2. The Kier molecular flexibility index (Phi) is 9.60. The zero-order valence-corrected chi connectivity index (χ0v) is 15.3. The van der Waals surface area contributed by atoms with Gasteiger partial charge in [0.2, 0.25) is 11.8 Å². The molecule has 27 heavy (non-hydrogen) atoms. The third kappa shape index (κ3) is 7.77. The Morgan fingerprint density at radius 1 is 1.11 bits per heavy atom. The first-order valence-electron chi connectivity index (χ1n) is 8.71. The summed E-state index contributed by atoms with van der Waals surface area (Å²) in [6.45, 7) is 2.61. The third-order valence-corrected chi connectivity index (χ3v) is 4.05. The molecule has 0 bridgehead atoms. The van der Waals surface area contributed by atoms with Gasteiger partial charge in [0.1, 0.15) is 24.4 Å². The van der Waals surface area contributed by atoms with Crippen LogP contribution in [-0.2, 0) is 23.9 Å². The van der Waals surface area contributed by atoms with E-state index in [4.69, 9.17) is 14.6 Å². The molecule has 1 saturated heterocycles. The molecule has 11 heteroatoms. The molecule has 6 atom stereocenters. The molecule has 1 aliphatic heterocycles. The number of carboxylic acid groups (broad SMARTS) is 1. The Balaban J connectivity index is 2.52. The molecule has 0 saturated carbocycles. The van der Waals surface area contributed by atoms with E-state index in [-0.39, 0.29) is 19.6 Å². The maximum atomic E-state index is 12.2. The molecular weight excluding hydrogens is 364 g/mol. The molecule has 0 aromatic heterocycles. The number of rotatable bonds is 10. The van der Waals surface area contributed by atoms with Crippen molar-refractivity contribution in [2.24, 2.45) is 0 Å². The summed E-state index contributed by atoms with van der Waals surface area (Å²) in [7, 11) is 0. The first-order valence-corrected chi connectivity index (χ1v) is 8.71. The fourth-order valence-corrected chi connectivity index (χ4v) is 2.51. The lowest BCUT2D eigenvalue weighted by atomic mass is 10.00. The summed E-state index contributed by atoms with van der Waals surface area (Å²) in [5.74, 6) is -1.93. The summed E-state index contributed by atoms with van der Waals surface area (Å²) in [4.78, 5) is 33.9. The highest BCUT2D eigenvalue weighted by atomic mass is 16.7. The average Bonchev–Trinajstić information content (AvgIpc) is 2.59. The van der Waals surface area contributed by atoms with Crippen LogP contribution in [-0.4, -0.2) is 88.1 Å². The predicted molar refractivity (Wildman–Crippen MR) is 90.4 cm³/mol. The molecule has 0 aromatic carbocycles. The van der Waals surface area contributed by atoms with Crippen molar-refractivity contribution in [3.8, 4) is 0 Å². The standard InChI is InChI=1S/C16H28N2O9/c1-8-12(22)13(23)14(24)16(27-8)26-7-10(18-9(2)19)15(25)17-6-4-3-5-11(20)21/h8,10,12-14,16,22-24H,3-7H2,1-2H3,(H,17,25)(H,18,19)(H,20,21)/t8-,10?,12+,13+,14-,16+/m0/s1. The van der Waals surface area contributed by atoms with Gasteiger partial charge >= 0.3 is 5.97 Å². The van der Waals surface area contributed by atoms with Gasteiger partial charge in [-0.3, -0.25) is 14.4 Å². The average molecular weight is 392 g/mol. The van der Waals surface area contributed by atoms with E-state index in [0.29, 0.717) is 12.8 Å². The second kappa shape index (κ2) is 11.1. The van der Waals surface area contributed by atoms with Gasteiger partial charge in [0.25, 0.3) is 0 Å². The minimum absolute atomic E-state index is 0.00260. The van der Waals surface area contributed by atoms with Gasteiger partial charge in [0.15, 0.2) is 6.29 Å². The molecule has 0 radical (unpaired) electrons. The quantitative estimate of drug-likeness (QED) is 0.223. The summed E-state index contributed by atoms with van der Waals surface area (Å²) in [5.41, 5.74) is 0. The van der Waals surface area contributed by atoms with Crippen LogP contribution in [0.4, 0.5) is 0 Å². The molecule has 11 nitrogen and oxygen atoms in total. The zero-order valence-electron chi connectivity index (χ0n) is 15.3. The second-order valence-electron chi connectivity index (χ2n) is 6.41. The normalized spacial score (nSPS) is 29.0. The van der Waals surface area contributed by atoms with Crippen LogP contribution < -0.4 is 10.6 Å². The number of carbonyl (C=O) groups is 3. The SMILES string of the molecule is CC(=O)NC(CO[C@@H]1O[C@@H](C)[C@@H](O)[C@@H](O)[C@@H]1O)C(=O)NCCCCC(=O)O. The van der Waals surface area contributed by atoms with Gasteiger partial charge in [0, 0.05) is 19.9 Å². The van der Waals surface area contributed by atoms with Crippen LogP contribution in [0.15, 0.2) is 0 Å². The highest BCUT2D eigenvalue weighted by Crippen LogP contribution is 2.21. The van der Waals surface area contributed by atoms with Crippen LogP contribution in [0.25, 0.3) is 0 Å². The lowest BCUT2D eigenvalue weighted by molar-refractivity contribution is -0.293. The summed E-state index contributed by atoms with van der Waals surface area (Å²) < 4.78 is 10.6. The van der Waals surface area contributed by atoms with Crippen molar-refractivity contribution in [1.29, 1.82) is 0 Å². The van der Waals surface area contributed by atoms with E-state index in [9.17, 15) is 29.7 Å². The highest BCUT2D eigenvalue weighted by Gasteiger charge is 2.42. The minimum atomic E-state index is -1.52. The van der Waals surface area contributed by atoms with Crippen molar-refractivity contribution >= 4 is 17.8 Å². The van der Waals surface area contributed by atoms with Crippen molar-refractivity contribution in [2.75, 3.05) is 13.2 Å². The predicted octanol–water partition coefficient (Wildman–Crippen LogP) is -2.29. The Hall–Kier alpha value is -1.79. The van der Waals surface area contributed by atoms with Crippen LogP contribution >= 0.6 is 0 Å². The minimum Gasteiger partial charge on any atom is -0.481 e. The topological polar surface area (TPSA) is 175 Å². The van der Waals surface area contributed by atoms with Gasteiger partial charge in [-0.1, -0.05) is 0 Å². The van der Waals surface area contributed by atoms with Crippen LogP contribution in [0.3, 0.4) is 0 Å². The molecule has 2 amide bonds. The van der Waals surface area contributed by atoms with E-state index in [0.717, 1.165) is 0 Å². The number of carbonyl (C=O) groups excluding carboxylic acids is 2. The van der Waals surface area contributed by atoms with Crippen molar-refractivity contribution in [3.05, 3.63) is 0 Å². The molecule has 1 rings (SSSR count). The molecule has 156 valence electrons. The molecule has 1 aliphatic rings. The summed E-state index contributed by atoms with van der Waals surface area (Å²) in [6.07, 6.45) is -5.49. The van der Waals surface area contributed by atoms with Gasteiger partial charge in [-0.15, -0.1) is 0 Å². The lowest BCUT2D eigenvalue weighted by Crippen LogP contribution is -2.58. The smallest absolute Gasteiger partial charge is 0.303 e. The molecule has 0 aliphatic carbocycles. The van der Waals surface area contributed by atoms with Crippen LogP contribution in [0.5, 0.6) is 0 Å². The fraction of sp³-hybridized carbons (Fsp3) is 0.812. The van der Waals surface area contributed by atoms with Crippen LogP contribution in [0, 0.1) is 0 Å². The number of hydrogen-bond acceptors (Lipinski definition) is 8. The first kappa shape index (κ1) is 23.2. The number of carboxylic acids is 1. The van der Waals surface area contributed by atoms with E-state index in [2.05, 4.69) is 10.6 Å². The molecule has 1 unspecified atom stereocenters. The number of aliphatic hydroxyl groups excluding tert-OH is 3. The van der Waals surface area contributed by atoms with Gasteiger partial charge in [0.05, 0.1) is 12.7 Å². The number of unbranched alkanes of at least 4 members (excludes halogenated alkanes) is 1. The number of nitrogens with one attached hydrogen (secondary N) is 2. The molecule has 0 aromatic rings. The van der Waals surface area contributed by atoms with Gasteiger partial charge in [-0.2, -0.15) is 0 Å². The zero-order chi connectivity index (χ0) is 20.6. The Morgan fingerprint density at radius 3 is 2.37 bits per heavy atom. The maximum Gasteiger partial charge on any atom is 0.303 e. The molecule has 1 heterocycles. The highest BCUT2D eigenvalue weighted by molar-refractivity contribution is 5.86. The summed E-state index contributed by atoms with van der Waals surface area (Å²) in [6, 6.07) is -1.07. The third-order valence-electron chi connectivity index (χ3n) is 4.05. The van der Waals surface area contributed by atoms with E-state index in [1.807, 2.05) is 0 Å². The van der Waals surface area contributed by atoms with E-state index < -0.39 is 54.5 Å². The van der Waals surface area contributed by atoms with Crippen molar-refractivity contribution in [1.82, 2.24) is 10.6 Å². The summed E-state index contributed by atoms with van der Waals surface area (Å²) in [5, 5.41) is 42.8. The van der Waals surface area contributed by atoms with Gasteiger partial charge in [-0.25, -0.2) is 0 Å². The monoisotopic (exact) mass is 392 g/mol. The summed E-state index contributed by atoms with van der Waals surface area (Å²) >= 11 is 0. The number of ether oxygens (including phenoxy) is 2. The van der Waals surface area contributed by atoms with E-state index in [1.54, 1.807) is 0 Å². The molecule has 1 fully saturated rings. The van der Waals surface area contributed by atoms with Crippen LogP contribution in [0.2, 0.25) is 0 Å². The number of aliphatic carboxylic acids is 1. The van der Waals surface area contributed by atoms with Crippen molar-refractivity contribution in [2.45, 2.75) is 69.9 Å². The van der Waals surface area contributed by atoms with Gasteiger partial charge < -0.3 is 40.5 Å². The van der Waals surface area contributed by atoms with Crippen molar-refractivity contribution in [3.63, 3.8) is 0 Å². The fourth-order valence-electron chi connectivity index (χ4n) is 2.51. The van der Waals surface area contributed by atoms with Crippen LogP contribution in [0.1, 0.15) is 33.1 Å². The largest absolute Gasteiger partial charge is 0.481 e. The van der Waals surface area contributed by atoms with E-state index in [1.165, 1.54) is 13.8 Å². The molecule has 6 N–H and O–H groups in total. The van der Waals surface area contributed by atoms with Crippen molar-refractivity contribution < 1.29 is 44.3 Å².